The second-order valence-corrected chi connectivity index (χ2v) is 5.46. The van der Waals surface area contributed by atoms with Gasteiger partial charge >= 0.3 is 5.97 Å². The Labute approximate surface area is 113 Å². The summed E-state index contributed by atoms with van der Waals surface area (Å²) in [6.45, 7) is 8.00. The zero-order valence-electron chi connectivity index (χ0n) is 10.7. The first-order chi connectivity index (χ1) is 8.04. The maximum absolute atomic E-state index is 11.5. The predicted molar refractivity (Wildman–Crippen MR) is 73.0 cm³/mol. The molecule has 0 saturated heterocycles. The SMILES string of the molecule is CCCP(O/C(=C/Br)C(=O)OCC)OC(C)C. The lowest BCUT2D eigenvalue weighted by atomic mass is 10.5. The summed E-state index contributed by atoms with van der Waals surface area (Å²) in [6, 6.07) is 0. The summed E-state index contributed by atoms with van der Waals surface area (Å²) in [7, 11) is -1.09. The van der Waals surface area contributed by atoms with Crippen LogP contribution in [0.25, 0.3) is 0 Å². The Morgan fingerprint density at radius 3 is 2.47 bits per heavy atom. The van der Waals surface area contributed by atoms with Gasteiger partial charge in [0, 0.05) is 11.1 Å². The van der Waals surface area contributed by atoms with Crippen LogP contribution in [-0.4, -0.2) is 24.8 Å². The zero-order valence-corrected chi connectivity index (χ0v) is 13.2. The molecule has 0 aromatic heterocycles. The Hall–Kier alpha value is -0.120. The van der Waals surface area contributed by atoms with Crippen molar-refractivity contribution in [1.29, 1.82) is 0 Å². The molecule has 1 atom stereocenters. The van der Waals surface area contributed by atoms with Crippen LogP contribution in [0.15, 0.2) is 10.7 Å². The maximum Gasteiger partial charge on any atom is 0.374 e. The fourth-order valence-corrected chi connectivity index (χ4v) is 2.80. The maximum atomic E-state index is 11.5. The van der Waals surface area contributed by atoms with Gasteiger partial charge in [-0.15, -0.1) is 0 Å². The summed E-state index contributed by atoms with van der Waals surface area (Å²) < 4.78 is 16.0. The third-order valence-corrected chi connectivity index (χ3v) is 3.80. The van der Waals surface area contributed by atoms with Crippen LogP contribution >= 0.6 is 24.3 Å². The molecule has 4 nitrogen and oxygen atoms in total. The van der Waals surface area contributed by atoms with Crippen LogP contribution in [0.3, 0.4) is 0 Å². The average Bonchev–Trinajstić information content (AvgIpc) is 2.25. The molecule has 0 radical (unpaired) electrons. The van der Waals surface area contributed by atoms with Crippen LogP contribution in [0.4, 0.5) is 0 Å². The highest BCUT2D eigenvalue weighted by molar-refractivity contribution is 9.11. The molecule has 0 saturated carbocycles. The van der Waals surface area contributed by atoms with Crippen LogP contribution in [0.2, 0.25) is 0 Å². The number of rotatable bonds is 8. The van der Waals surface area contributed by atoms with E-state index in [1.165, 1.54) is 4.99 Å². The topological polar surface area (TPSA) is 44.8 Å². The van der Waals surface area contributed by atoms with Gasteiger partial charge in [-0.25, -0.2) is 4.79 Å². The summed E-state index contributed by atoms with van der Waals surface area (Å²) in [4.78, 5) is 12.9. The monoisotopic (exact) mass is 326 g/mol. The van der Waals surface area contributed by atoms with Gasteiger partial charge < -0.3 is 13.8 Å². The minimum atomic E-state index is -1.09. The Kier molecular flexibility index (Phi) is 9.79. The lowest BCUT2D eigenvalue weighted by Gasteiger charge is -2.20. The van der Waals surface area contributed by atoms with Crippen molar-refractivity contribution in [2.24, 2.45) is 0 Å². The quantitative estimate of drug-likeness (QED) is 0.293. The van der Waals surface area contributed by atoms with E-state index in [0.29, 0.717) is 6.61 Å². The third-order valence-electron chi connectivity index (χ3n) is 1.51. The van der Waals surface area contributed by atoms with E-state index >= 15 is 0 Å². The second-order valence-electron chi connectivity index (χ2n) is 3.50. The number of hydrogen-bond donors (Lipinski definition) is 0. The van der Waals surface area contributed by atoms with Crippen molar-refractivity contribution in [2.45, 2.75) is 40.2 Å². The molecule has 0 N–H and O–H groups in total. The van der Waals surface area contributed by atoms with E-state index in [-0.39, 0.29) is 11.9 Å². The number of carbonyl (C=O) groups excluding carboxylic acids is 1. The van der Waals surface area contributed by atoms with Crippen LogP contribution < -0.4 is 0 Å². The normalized spacial score (nSPS) is 13.6. The largest absolute Gasteiger partial charge is 0.460 e. The van der Waals surface area contributed by atoms with Crippen molar-refractivity contribution in [1.82, 2.24) is 0 Å². The molecule has 17 heavy (non-hydrogen) atoms. The molecule has 1 unspecified atom stereocenters. The van der Waals surface area contributed by atoms with Gasteiger partial charge in [0.25, 0.3) is 0 Å². The second kappa shape index (κ2) is 9.86. The van der Waals surface area contributed by atoms with Crippen LogP contribution in [0.5, 0.6) is 0 Å². The number of hydrogen-bond acceptors (Lipinski definition) is 4. The summed E-state index contributed by atoms with van der Waals surface area (Å²) in [5.41, 5.74) is 0. The molecule has 0 aliphatic carbocycles. The van der Waals surface area contributed by atoms with Gasteiger partial charge in [-0.3, -0.25) is 0 Å². The van der Waals surface area contributed by atoms with Crippen molar-refractivity contribution in [3.8, 4) is 0 Å². The molecular formula is C11H20BrO4P. The van der Waals surface area contributed by atoms with Gasteiger partial charge in [-0.1, -0.05) is 22.9 Å². The molecule has 0 aromatic rings. The molecule has 100 valence electrons. The molecule has 0 spiro atoms. The Bertz CT molecular complexity index is 256. The Morgan fingerprint density at radius 1 is 1.41 bits per heavy atom. The fraction of sp³-hybridized carbons (Fsp3) is 0.727. The van der Waals surface area contributed by atoms with Crippen molar-refractivity contribution < 1.29 is 18.6 Å². The zero-order chi connectivity index (χ0) is 13.3. The highest BCUT2D eigenvalue weighted by Crippen LogP contribution is 2.43. The van der Waals surface area contributed by atoms with E-state index in [0.717, 1.165) is 12.6 Å². The van der Waals surface area contributed by atoms with Gasteiger partial charge in [0.05, 0.1) is 12.7 Å². The molecule has 0 heterocycles. The van der Waals surface area contributed by atoms with Crippen LogP contribution in [0.1, 0.15) is 34.1 Å². The predicted octanol–water partition coefficient (Wildman–Crippen LogP) is 3.95. The standard InChI is InChI=1S/C11H20BrO4P/c1-5-7-17(15-9(3)4)16-10(8-12)11(13)14-6-2/h8-9H,5-7H2,1-4H3/b10-8+. The molecule has 0 rings (SSSR count). The lowest BCUT2D eigenvalue weighted by molar-refractivity contribution is -0.141. The number of ether oxygens (including phenoxy) is 1. The van der Waals surface area contributed by atoms with Gasteiger partial charge in [-0.2, -0.15) is 0 Å². The molecule has 0 amide bonds. The van der Waals surface area contributed by atoms with Gasteiger partial charge in [0.15, 0.2) is 0 Å². The Balaban J connectivity index is 4.43. The van der Waals surface area contributed by atoms with E-state index in [1.54, 1.807) is 6.92 Å². The van der Waals surface area contributed by atoms with Gasteiger partial charge in [0.2, 0.25) is 14.1 Å². The van der Waals surface area contributed by atoms with Gasteiger partial charge in [-0.05, 0) is 27.2 Å². The molecular weight excluding hydrogens is 307 g/mol. The van der Waals surface area contributed by atoms with Crippen LogP contribution in [0, 0.1) is 0 Å². The van der Waals surface area contributed by atoms with Crippen LogP contribution in [-0.2, 0) is 18.6 Å². The van der Waals surface area contributed by atoms with E-state index in [1.807, 2.05) is 20.8 Å². The summed E-state index contributed by atoms with van der Waals surface area (Å²) in [5.74, 6) is -0.313. The molecule has 0 aliphatic heterocycles. The third kappa shape index (κ3) is 7.74. The lowest BCUT2D eigenvalue weighted by Crippen LogP contribution is -2.10. The van der Waals surface area contributed by atoms with Crippen molar-refractivity contribution in [3.05, 3.63) is 10.7 Å². The van der Waals surface area contributed by atoms with E-state index in [9.17, 15) is 4.79 Å². The molecule has 0 fully saturated rings. The first kappa shape index (κ1) is 16.9. The van der Waals surface area contributed by atoms with Gasteiger partial charge in [0.1, 0.15) is 0 Å². The molecule has 0 bridgehead atoms. The molecule has 0 aliphatic rings. The molecule has 0 aromatic carbocycles. The molecule has 6 heteroatoms. The summed E-state index contributed by atoms with van der Waals surface area (Å²) >= 11 is 3.10. The fourth-order valence-electron chi connectivity index (χ4n) is 0.951. The van der Waals surface area contributed by atoms with Crippen molar-refractivity contribution in [3.63, 3.8) is 0 Å². The minimum absolute atomic E-state index is 0.0754. The van der Waals surface area contributed by atoms with Crippen molar-refractivity contribution in [2.75, 3.05) is 12.8 Å². The Morgan fingerprint density at radius 2 is 2.06 bits per heavy atom. The number of carbonyl (C=O) groups is 1. The minimum Gasteiger partial charge on any atom is -0.460 e. The highest BCUT2D eigenvalue weighted by atomic mass is 79.9. The smallest absolute Gasteiger partial charge is 0.374 e. The summed E-state index contributed by atoms with van der Waals surface area (Å²) in [5, 5.41) is 0. The first-order valence-electron chi connectivity index (χ1n) is 5.64. The van der Waals surface area contributed by atoms with E-state index < -0.39 is 14.3 Å². The first-order valence-corrected chi connectivity index (χ1v) is 7.92. The number of halogens is 1. The number of esters is 1. The van der Waals surface area contributed by atoms with E-state index in [2.05, 4.69) is 15.9 Å². The van der Waals surface area contributed by atoms with Crippen molar-refractivity contribution >= 4 is 30.3 Å². The highest BCUT2D eigenvalue weighted by Gasteiger charge is 2.20. The average molecular weight is 327 g/mol. The summed E-state index contributed by atoms with van der Waals surface area (Å²) in [6.07, 6.45) is 1.81. The van der Waals surface area contributed by atoms with E-state index in [4.69, 9.17) is 13.8 Å².